The van der Waals surface area contributed by atoms with Crippen LogP contribution in [0.4, 0.5) is 4.79 Å². The summed E-state index contributed by atoms with van der Waals surface area (Å²) in [6, 6.07) is -1.80. The fourth-order valence-electron chi connectivity index (χ4n) is 1.12. The highest BCUT2D eigenvalue weighted by molar-refractivity contribution is 5.97. The molecule has 3 N–H and O–H groups in total. The Morgan fingerprint density at radius 3 is 2.21 bits per heavy atom. The molecule has 8 nitrogen and oxygen atoms in total. The lowest BCUT2D eigenvalue weighted by Gasteiger charge is -2.18. The molecular weight excluding hydrogens is 256 g/mol. The molecule has 0 heterocycles. The molecule has 0 fully saturated rings. The number of esters is 1. The van der Waals surface area contributed by atoms with Crippen molar-refractivity contribution in [1.82, 2.24) is 10.6 Å². The maximum atomic E-state index is 11.4. The van der Waals surface area contributed by atoms with E-state index in [1.54, 1.807) is 0 Å². The van der Waals surface area contributed by atoms with Gasteiger partial charge in [-0.2, -0.15) is 0 Å². The van der Waals surface area contributed by atoms with E-state index in [0.29, 0.717) is 0 Å². The van der Waals surface area contributed by atoms with Crippen LogP contribution in [0.2, 0.25) is 0 Å². The first-order valence-corrected chi connectivity index (χ1v) is 5.51. The van der Waals surface area contributed by atoms with Crippen molar-refractivity contribution >= 4 is 23.9 Å². The van der Waals surface area contributed by atoms with Gasteiger partial charge in [-0.15, -0.1) is 0 Å². The highest BCUT2D eigenvalue weighted by Crippen LogP contribution is 2.19. The van der Waals surface area contributed by atoms with Crippen molar-refractivity contribution in [2.24, 2.45) is 5.41 Å². The van der Waals surface area contributed by atoms with Crippen molar-refractivity contribution in [1.29, 1.82) is 0 Å². The Morgan fingerprint density at radius 1 is 1.26 bits per heavy atom. The van der Waals surface area contributed by atoms with Gasteiger partial charge in [0.1, 0.15) is 6.04 Å². The molecule has 3 amide bonds. The molecule has 0 aromatic carbocycles. The summed E-state index contributed by atoms with van der Waals surface area (Å²) < 4.78 is 4.39. The summed E-state index contributed by atoms with van der Waals surface area (Å²) in [6.07, 6.45) is -0.359. The van der Waals surface area contributed by atoms with Gasteiger partial charge >= 0.3 is 18.0 Å². The molecule has 0 aliphatic rings. The van der Waals surface area contributed by atoms with E-state index < -0.39 is 35.3 Å². The van der Waals surface area contributed by atoms with Gasteiger partial charge in [0.2, 0.25) is 5.91 Å². The van der Waals surface area contributed by atoms with Crippen LogP contribution in [0, 0.1) is 5.41 Å². The third-order valence-electron chi connectivity index (χ3n) is 2.34. The molecule has 0 rings (SSSR count). The Hall–Kier alpha value is -2.12. The molecule has 0 radical (unpaired) electrons. The number of methoxy groups -OCH3 is 1. The molecule has 0 aromatic rings. The van der Waals surface area contributed by atoms with Gasteiger partial charge in [0.05, 0.1) is 12.5 Å². The van der Waals surface area contributed by atoms with Gasteiger partial charge in [-0.05, 0) is 20.8 Å². The summed E-state index contributed by atoms with van der Waals surface area (Å²) in [7, 11) is 1.17. The molecule has 8 heteroatoms. The summed E-state index contributed by atoms with van der Waals surface area (Å²) in [4.78, 5) is 44.6. The molecule has 0 saturated heterocycles. The minimum atomic E-state index is -1.28. The lowest BCUT2D eigenvalue weighted by molar-refractivity contribution is -0.149. The topological polar surface area (TPSA) is 122 Å². The van der Waals surface area contributed by atoms with Crippen LogP contribution in [0.1, 0.15) is 27.2 Å². The molecule has 0 saturated carbocycles. The van der Waals surface area contributed by atoms with Gasteiger partial charge in [0.25, 0.3) is 0 Å². The number of hydrogen-bond donors (Lipinski definition) is 3. The van der Waals surface area contributed by atoms with Gasteiger partial charge in [-0.3, -0.25) is 14.9 Å². The summed E-state index contributed by atoms with van der Waals surface area (Å²) in [6.45, 7) is 4.12. The van der Waals surface area contributed by atoms with Gasteiger partial charge in [-0.25, -0.2) is 9.59 Å². The largest absolute Gasteiger partial charge is 0.481 e. The number of ether oxygens (including phenoxy) is 1. The lowest BCUT2D eigenvalue weighted by atomic mass is 9.89. The number of rotatable bonds is 5. The van der Waals surface area contributed by atoms with Crippen molar-refractivity contribution in [3.05, 3.63) is 0 Å². The predicted octanol–water partition coefficient (Wildman–Crippen LogP) is -0.125. The average molecular weight is 274 g/mol. The Kier molecular flexibility index (Phi) is 5.97. The van der Waals surface area contributed by atoms with E-state index in [0.717, 1.165) is 0 Å². The van der Waals surface area contributed by atoms with Crippen molar-refractivity contribution in [3.63, 3.8) is 0 Å². The molecule has 0 aliphatic carbocycles. The Morgan fingerprint density at radius 2 is 1.79 bits per heavy atom. The number of nitrogens with one attached hydrogen (secondary N) is 2. The highest BCUT2D eigenvalue weighted by atomic mass is 16.5. The maximum Gasteiger partial charge on any atom is 0.328 e. The van der Waals surface area contributed by atoms with E-state index in [1.165, 1.54) is 27.9 Å². The van der Waals surface area contributed by atoms with E-state index in [2.05, 4.69) is 10.1 Å². The second-order valence-electron chi connectivity index (χ2n) is 4.63. The second-order valence-corrected chi connectivity index (χ2v) is 4.63. The molecule has 19 heavy (non-hydrogen) atoms. The fourth-order valence-corrected chi connectivity index (χ4v) is 1.12. The van der Waals surface area contributed by atoms with Crippen LogP contribution in [-0.4, -0.2) is 42.1 Å². The van der Waals surface area contributed by atoms with Crippen molar-refractivity contribution < 1.29 is 29.0 Å². The number of carbonyl (C=O) groups excluding carboxylic acids is 3. The Labute approximate surface area is 110 Å². The van der Waals surface area contributed by atoms with Crippen molar-refractivity contribution in [2.75, 3.05) is 7.11 Å². The van der Waals surface area contributed by atoms with Gasteiger partial charge in [-0.1, -0.05) is 0 Å². The number of hydrogen-bond acceptors (Lipinski definition) is 5. The molecule has 1 unspecified atom stereocenters. The number of carbonyl (C=O) groups is 4. The van der Waals surface area contributed by atoms with Crippen molar-refractivity contribution in [3.8, 4) is 0 Å². The summed E-state index contributed by atoms with van der Waals surface area (Å²) in [5.74, 6) is -2.55. The van der Waals surface area contributed by atoms with Crippen LogP contribution in [-0.2, 0) is 19.1 Å². The Balaban J connectivity index is 4.32. The summed E-state index contributed by atoms with van der Waals surface area (Å²) >= 11 is 0. The summed E-state index contributed by atoms with van der Waals surface area (Å²) in [5.41, 5.74) is -1.28. The minimum Gasteiger partial charge on any atom is -0.481 e. The number of aliphatic carboxylic acids is 1. The first-order chi connectivity index (χ1) is 8.60. The van der Waals surface area contributed by atoms with Crippen LogP contribution < -0.4 is 10.6 Å². The minimum absolute atomic E-state index is 0.359. The SMILES string of the molecule is COC(=O)C(C)NC(=O)NC(=O)CC(C)(C)C(=O)O. The maximum absolute atomic E-state index is 11.4. The van der Waals surface area contributed by atoms with E-state index in [1.807, 2.05) is 5.32 Å². The summed E-state index contributed by atoms with van der Waals surface area (Å²) in [5, 5.41) is 13.0. The normalized spacial score (nSPS) is 12.2. The predicted molar refractivity (Wildman–Crippen MR) is 64.2 cm³/mol. The smallest absolute Gasteiger partial charge is 0.328 e. The third-order valence-corrected chi connectivity index (χ3v) is 2.34. The molecular formula is C11H18N2O6. The first kappa shape index (κ1) is 16.9. The first-order valence-electron chi connectivity index (χ1n) is 5.51. The van der Waals surface area contributed by atoms with Gasteiger partial charge < -0.3 is 15.2 Å². The zero-order chi connectivity index (χ0) is 15.2. The van der Waals surface area contributed by atoms with E-state index >= 15 is 0 Å². The number of urea groups is 1. The molecule has 1 atom stereocenters. The van der Waals surface area contributed by atoms with Crippen LogP contribution in [0.15, 0.2) is 0 Å². The zero-order valence-corrected chi connectivity index (χ0v) is 11.3. The van der Waals surface area contributed by atoms with Crippen LogP contribution in [0.3, 0.4) is 0 Å². The third kappa shape index (κ3) is 5.84. The van der Waals surface area contributed by atoms with Crippen LogP contribution >= 0.6 is 0 Å². The Bertz CT molecular complexity index is 391. The van der Waals surface area contributed by atoms with Crippen LogP contribution in [0.5, 0.6) is 0 Å². The standard InChI is InChI=1S/C11H18N2O6/c1-6(8(15)19-4)12-10(18)13-7(14)5-11(2,3)9(16)17/h6H,5H2,1-4H3,(H,16,17)(H2,12,13,14,18). The quantitative estimate of drug-likeness (QED) is 0.600. The highest BCUT2D eigenvalue weighted by Gasteiger charge is 2.30. The number of amides is 3. The average Bonchev–Trinajstić information content (AvgIpc) is 2.26. The number of imide groups is 1. The second kappa shape index (κ2) is 6.72. The van der Waals surface area contributed by atoms with E-state index in [9.17, 15) is 19.2 Å². The lowest BCUT2D eigenvalue weighted by Crippen LogP contribution is -2.47. The van der Waals surface area contributed by atoms with Crippen molar-refractivity contribution in [2.45, 2.75) is 33.2 Å². The number of carboxylic acid groups (broad SMARTS) is 1. The van der Waals surface area contributed by atoms with Gasteiger partial charge in [0.15, 0.2) is 0 Å². The zero-order valence-electron chi connectivity index (χ0n) is 11.3. The van der Waals surface area contributed by atoms with Gasteiger partial charge in [0, 0.05) is 6.42 Å². The number of carboxylic acids is 1. The molecule has 0 aliphatic heterocycles. The van der Waals surface area contributed by atoms with E-state index in [4.69, 9.17) is 5.11 Å². The van der Waals surface area contributed by atoms with E-state index in [-0.39, 0.29) is 6.42 Å². The molecule has 0 bridgehead atoms. The fraction of sp³-hybridized carbons (Fsp3) is 0.636. The van der Waals surface area contributed by atoms with Crippen LogP contribution in [0.25, 0.3) is 0 Å². The molecule has 0 spiro atoms. The monoisotopic (exact) mass is 274 g/mol. The molecule has 108 valence electrons. The molecule has 0 aromatic heterocycles.